The average Bonchev–Trinajstić information content (AvgIpc) is 2.45. The largest absolute Gasteiger partial charge is 0.395 e. The first-order chi connectivity index (χ1) is 5.72. The molecule has 0 aliphatic carbocycles. The van der Waals surface area contributed by atoms with Crippen molar-refractivity contribution in [2.24, 2.45) is 5.73 Å². The summed E-state index contributed by atoms with van der Waals surface area (Å²) in [4.78, 5) is 0. The van der Waals surface area contributed by atoms with Gasteiger partial charge in [0.15, 0.2) is 0 Å². The van der Waals surface area contributed by atoms with Crippen LogP contribution in [0.15, 0.2) is 0 Å². The molecule has 2 unspecified atom stereocenters. The highest BCUT2D eigenvalue weighted by molar-refractivity contribution is 8.00. The lowest BCUT2D eigenvalue weighted by atomic mass is 9.96. The highest BCUT2D eigenvalue weighted by atomic mass is 32.2. The van der Waals surface area contributed by atoms with Crippen LogP contribution in [0.4, 0.5) is 0 Å². The Hall–Kier alpha value is 0.230. The number of aliphatic hydroxyl groups excluding tert-OH is 1. The number of nitrogens with one attached hydrogen (secondary N) is 1. The molecule has 72 valence electrons. The maximum atomic E-state index is 8.69. The summed E-state index contributed by atoms with van der Waals surface area (Å²) in [7, 11) is 0. The summed E-state index contributed by atoms with van der Waals surface area (Å²) in [5, 5.41) is 12.7. The van der Waals surface area contributed by atoms with Gasteiger partial charge in [-0.3, -0.25) is 0 Å². The van der Waals surface area contributed by atoms with Crippen LogP contribution in [0.1, 0.15) is 13.3 Å². The van der Waals surface area contributed by atoms with E-state index in [1.807, 2.05) is 11.8 Å². The van der Waals surface area contributed by atoms with Gasteiger partial charge in [-0.1, -0.05) is 6.92 Å². The molecule has 1 aliphatic heterocycles. The maximum absolute atomic E-state index is 8.69. The molecule has 0 aromatic rings. The number of aliphatic hydroxyl groups is 1. The van der Waals surface area contributed by atoms with Crippen molar-refractivity contribution in [1.29, 1.82) is 0 Å². The first-order valence-electron chi connectivity index (χ1n) is 4.40. The monoisotopic (exact) mass is 190 g/mol. The van der Waals surface area contributed by atoms with Crippen molar-refractivity contribution in [3.8, 4) is 0 Å². The molecule has 1 rings (SSSR count). The van der Waals surface area contributed by atoms with Crippen molar-refractivity contribution in [1.82, 2.24) is 5.32 Å². The minimum absolute atomic E-state index is 0.0901. The molecule has 2 atom stereocenters. The summed E-state index contributed by atoms with van der Waals surface area (Å²) >= 11 is 1.96. The molecule has 4 heteroatoms. The molecule has 0 spiro atoms. The van der Waals surface area contributed by atoms with Gasteiger partial charge in [0.1, 0.15) is 0 Å². The number of nitrogens with two attached hydrogens (primary N) is 1. The Morgan fingerprint density at radius 2 is 2.50 bits per heavy atom. The second kappa shape index (κ2) is 4.46. The molecule has 0 amide bonds. The molecular formula is C8H18N2OS. The van der Waals surface area contributed by atoms with Crippen LogP contribution in [-0.4, -0.2) is 41.3 Å². The summed E-state index contributed by atoms with van der Waals surface area (Å²) in [6, 6.07) is 0. The molecule has 1 aliphatic rings. The third kappa shape index (κ3) is 2.36. The lowest BCUT2D eigenvalue weighted by Crippen LogP contribution is -2.52. The zero-order chi connectivity index (χ0) is 9.03. The van der Waals surface area contributed by atoms with Gasteiger partial charge in [-0.25, -0.2) is 0 Å². The van der Waals surface area contributed by atoms with E-state index in [0.29, 0.717) is 18.3 Å². The van der Waals surface area contributed by atoms with E-state index < -0.39 is 0 Å². The van der Waals surface area contributed by atoms with E-state index in [9.17, 15) is 0 Å². The van der Waals surface area contributed by atoms with Gasteiger partial charge in [-0.05, 0) is 6.42 Å². The summed E-state index contributed by atoms with van der Waals surface area (Å²) < 4.78 is 0. The van der Waals surface area contributed by atoms with Crippen molar-refractivity contribution in [3.63, 3.8) is 0 Å². The average molecular weight is 190 g/mol. The van der Waals surface area contributed by atoms with Crippen molar-refractivity contribution >= 4 is 11.8 Å². The first kappa shape index (κ1) is 10.3. The van der Waals surface area contributed by atoms with Crippen LogP contribution in [-0.2, 0) is 0 Å². The Balaban J connectivity index is 2.41. The summed E-state index contributed by atoms with van der Waals surface area (Å²) in [6.45, 7) is 3.75. The number of hydrogen-bond donors (Lipinski definition) is 3. The number of thioether (sulfide) groups is 1. The van der Waals surface area contributed by atoms with Crippen molar-refractivity contribution < 1.29 is 5.11 Å². The minimum atomic E-state index is 0.0901. The van der Waals surface area contributed by atoms with E-state index >= 15 is 0 Å². The van der Waals surface area contributed by atoms with E-state index in [0.717, 1.165) is 12.2 Å². The third-order valence-corrected chi connectivity index (χ3v) is 3.78. The molecule has 0 radical (unpaired) electrons. The Labute approximate surface area is 78.1 Å². The first-order valence-corrected chi connectivity index (χ1v) is 5.45. The number of hydrogen-bond acceptors (Lipinski definition) is 4. The fraction of sp³-hybridized carbons (Fsp3) is 1.00. The molecule has 12 heavy (non-hydrogen) atoms. The quantitative estimate of drug-likeness (QED) is 0.574. The Morgan fingerprint density at radius 1 is 1.75 bits per heavy atom. The van der Waals surface area contributed by atoms with Crippen LogP contribution in [0.5, 0.6) is 0 Å². The van der Waals surface area contributed by atoms with Gasteiger partial charge in [-0.15, -0.1) is 0 Å². The normalized spacial score (nSPS) is 35.8. The molecule has 1 fully saturated rings. The van der Waals surface area contributed by atoms with Gasteiger partial charge in [0, 0.05) is 29.6 Å². The molecule has 0 saturated carbocycles. The standard InChI is InChI=1S/C8H18N2OS/c1-7-4-8(5-9,6-12-7)10-2-3-11/h7,10-11H,2-6,9H2,1H3. The highest BCUT2D eigenvalue weighted by Gasteiger charge is 2.35. The lowest BCUT2D eigenvalue weighted by Gasteiger charge is -2.27. The summed E-state index contributed by atoms with van der Waals surface area (Å²) in [6.07, 6.45) is 1.12. The molecule has 3 nitrogen and oxygen atoms in total. The number of rotatable bonds is 4. The second-order valence-corrected chi connectivity index (χ2v) is 4.89. The SMILES string of the molecule is CC1CC(CN)(NCCO)CS1. The minimum Gasteiger partial charge on any atom is -0.395 e. The smallest absolute Gasteiger partial charge is 0.0556 e. The zero-order valence-corrected chi connectivity index (χ0v) is 8.36. The van der Waals surface area contributed by atoms with Crippen LogP contribution < -0.4 is 11.1 Å². The predicted octanol–water partition coefficient (Wildman–Crippen LogP) is -0.209. The van der Waals surface area contributed by atoms with E-state index in [2.05, 4.69) is 12.2 Å². The summed E-state index contributed by atoms with van der Waals surface area (Å²) in [5.74, 6) is 1.07. The molecule has 0 aromatic heterocycles. The Bertz CT molecular complexity index is 145. The Morgan fingerprint density at radius 3 is 2.92 bits per heavy atom. The number of β-amino-alcohol motifs (C(OH)–C–C–N with tert-alkyl or cyclic N) is 1. The van der Waals surface area contributed by atoms with E-state index in [1.165, 1.54) is 0 Å². The molecule has 0 aromatic carbocycles. The van der Waals surface area contributed by atoms with Crippen LogP contribution in [0.3, 0.4) is 0 Å². The Kier molecular flexibility index (Phi) is 3.83. The maximum Gasteiger partial charge on any atom is 0.0556 e. The fourth-order valence-electron chi connectivity index (χ4n) is 1.63. The van der Waals surface area contributed by atoms with Gasteiger partial charge in [0.2, 0.25) is 0 Å². The highest BCUT2D eigenvalue weighted by Crippen LogP contribution is 2.33. The van der Waals surface area contributed by atoms with E-state index in [-0.39, 0.29) is 12.1 Å². The van der Waals surface area contributed by atoms with Crippen molar-refractivity contribution in [2.75, 3.05) is 25.4 Å². The van der Waals surface area contributed by atoms with Gasteiger partial charge in [0.05, 0.1) is 6.61 Å². The second-order valence-electron chi connectivity index (χ2n) is 3.46. The molecule has 4 N–H and O–H groups in total. The van der Waals surface area contributed by atoms with Gasteiger partial charge >= 0.3 is 0 Å². The predicted molar refractivity (Wildman–Crippen MR) is 53.4 cm³/mol. The third-order valence-electron chi connectivity index (χ3n) is 2.32. The van der Waals surface area contributed by atoms with Crippen LogP contribution in [0, 0.1) is 0 Å². The van der Waals surface area contributed by atoms with Crippen molar-refractivity contribution in [2.45, 2.75) is 24.1 Å². The van der Waals surface area contributed by atoms with E-state index in [4.69, 9.17) is 10.8 Å². The van der Waals surface area contributed by atoms with Crippen LogP contribution >= 0.6 is 11.8 Å². The van der Waals surface area contributed by atoms with Crippen LogP contribution in [0.2, 0.25) is 0 Å². The molecular weight excluding hydrogens is 172 g/mol. The lowest BCUT2D eigenvalue weighted by molar-refractivity contribution is 0.261. The van der Waals surface area contributed by atoms with Gasteiger partial charge < -0.3 is 16.2 Å². The van der Waals surface area contributed by atoms with Gasteiger partial charge in [0.25, 0.3) is 0 Å². The van der Waals surface area contributed by atoms with E-state index in [1.54, 1.807) is 0 Å². The van der Waals surface area contributed by atoms with Gasteiger partial charge in [-0.2, -0.15) is 11.8 Å². The molecule has 1 saturated heterocycles. The fourth-order valence-corrected chi connectivity index (χ4v) is 3.01. The zero-order valence-electron chi connectivity index (χ0n) is 7.55. The van der Waals surface area contributed by atoms with Crippen molar-refractivity contribution in [3.05, 3.63) is 0 Å². The summed E-state index contributed by atoms with van der Waals surface area (Å²) in [5.41, 5.74) is 5.80. The topological polar surface area (TPSA) is 58.3 Å². The molecule has 0 bridgehead atoms. The van der Waals surface area contributed by atoms with Crippen LogP contribution in [0.25, 0.3) is 0 Å². The molecule has 1 heterocycles.